The van der Waals surface area contributed by atoms with Crippen LogP contribution in [-0.4, -0.2) is 87.2 Å². The van der Waals surface area contributed by atoms with Crippen LogP contribution in [0.5, 0.6) is 0 Å². The van der Waals surface area contributed by atoms with Crippen LogP contribution in [0.2, 0.25) is 0 Å². The normalized spacial score (nSPS) is 21.1. The monoisotopic (exact) mass is 381 g/mol. The van der Waals surface area contributed by atoms with Gasteiger partial charge >= 0.3 is 0 Å². The number of ether oxygens (including phenoxy) is 1. The lowest BCUT2D eigenvalue weighted by Crippen LogP contribution is -2.53. The van der Waals surface area contributed by atoms with Gasteiger partial charge in [-0.1, -0.05) is 12.8 Å². The number of carbonyl (C=O) groups is 1. The lowest BCUT2D eigenvalue weighted by atomic mass is 9.84. The van der Waals surface area contributed by atoms with E-state index in [1.54, 1.807) is 4.90 Å². The zero-order chi connectivity index (χ0) is 19.9. The number of aliphatic imine (C=N–C) groups is 1. The molecule has 1 saturated carbocycles. The molecule has 0 atom stereocenters. The van der Waals surface area contributed by atoms with Crippen LogP contribution in [-0.2, 0) is 9.53 Å². The fourth-order valence-corrected chi connectivity index (χ4v) is 4.13. The minimum Gasteiger partial charge on any atom is -0.379 e. The third kappa shape index (κ3) is 5.82. The second-order valence-corrected chi connectivity index (χ2v) is 8.65. The Morgan fingerprint density at radius 2 is 1.81 bits per heavy atom. The first kappa shape index (κ1) is 22.0. The number of hydrogen-bond acceptors (Lipinski definition) is 4. The maximum atomic E-state index is 12.8. The molecule has 2 aliphatic rings. The summed E-state index contributed by atoms with van der Waals surface area (Å²) in [5.41, 5.74) is -0.309. The predicted molar refractivity (Wildman–Crippen MR) is 110 cm³/mol. The topological polar surface area (TPSA) is 69.2 Å². The third-order valence-electron chi connectivity index (χ3n) is 5.85. The van der Waals surface area contributed by atoms with Gasteiger partial charge in [-0.15, -0.1) is 0 Å². The van der Waals surface area contributed by atoms with E-state index in [0.717, 1.165) is 64.5 Å². The number of rotatable bonds is 7. The van der Waals surface area contributed by atoms with Crippen molar-refractivity contribution < 1.29 is 9.53 Å². The van der Waals surface area contributed by atoms with Crippen LogP contribution in [0, 0.1) is 5.41 Å². The molecule has 2 N–H and O–H groups in total. The minimum absolute atomic E-state index is 0.0172. The molecule has 2 fully saturated rings. The van der Waals surface area contributed by atoms with E-state index in [-0.39, 0.29) is 16.9 Å². The van der Waals surface area contributed by atoms with Crippen molar-refractivity contribution >= 4 is 11.9 Å². The molecule has 0 aromatic heterocycles. The largest absolute Gasteiger partial charge is 0.379 e. The van der Waals surface area contributed by atoms with E-state index in [4.69, 9.17) is 9.73 Å². The van der Waals surface area contributed by atoms with Gasteiger partial charge < -0.3 is 20.3 Å². The highest BCUT2D eigenvalue weighted by molar-refractivity contribution is 5.85. The summed E-state index contributed by atoms with van der Waals surface area (Å²) in [7, 11) is 3.71. The molecule has 156 valence electrons. The third-order valence-corrected chi connectivity index (χ3v) is 5.85. The highest BCUT2D eigenvalue weighted by Gasteiger charge is 2.42. The highest BCUT2D eigenvalue weighted by Crippen LogP contribution is 2.38. The van der Waals surface area contributed by atoms with Crippen LogP contribution in [0.15, 0.2) is 4.99 Å². The lowest BCUT2D eigenvalue weighted by Gasteiger charge is -2.40. The van der Waals surface area contributed by atoms with Gasteiger partial charge in [0.05, 0.1) is 25.2 Å². The van der Waals surface area contributed by atoms with Gasteiger partial charge in [-0.2, -0.15) is 0 Å². The van der Waals surface area contributed by atoms with Crippen molar-refractivity contribution in [3.05, 3.63) is 0 Å². The highest BCUT2D eigenvalue weighted by atomic mass is 16.5. The molecule has 1 saturated heterocycles. The Hall–Kier alpha value is -1.34. The Kier molecular flexibility index (Phi) is 7.91. The smallest absolute Gasteiger partial charge is 0.230 e. The quantitative estimate of drug-likeness (QED) is 0.514. The molecule has 0 bridgehead atoms. The van der Waals surface area contributed by atoms with Gasteiger partial charge in [0.1, 0.15) is 0 Å². The summed E-state index contributed by atoms with van der Waals surface area (Å²) in [5, 5.41) is 6.80. The number of amides is 1. The summed E-state index contributed by atoms with van der Waals surface area (Å²) >= 11 is 0. The van der Waals surface area contributed by atoms with Crippen molar-refractivity contribution in [3.8, 4) is 0 Å². The van der Waals surface area contributed by atoms with E-state index >= 15 is 0 Å². The number of carbonyl (C=O) groups excluding carboxylic acids is 1. The molecule has 7 nitrogen and oxygen atoms in total. The Labute approximate surface area is 164 Å². The molecule has 0 aromatic rings. The maximum absolute atomic E-state index is 12.8. The van der Waals surface area contributed by atoms with E-state index in [1.807, 2.05) is 14.1 Å². The van der Waals surface area contributed by atoms with Gasteiger partial charge in [0.2, 0.25) is 5.91 Å². The van der Waals surface area contributed by atoms with E-state index in [0.29, 0.717) is 13.1 Å². The Balaban J connectivity index is 2.01. The molecular formula is C20H39N5O2. The maximum Gasteiger partial charge on any atom is 0.230 e. The van der Waals surface area contributed by atoms with Crippen LogP contribution >= 0.6 is 0 Å². The van der Waals surface area contributed by atoms with Crippen LogP contribution in [0.4, 0.5) is 0 Å². The number of hydrogen-bond donors (Lipinski definition) is 2. The first-order valence-electron chi connectivity index (χ1n) is 10.4. The first-order valence-corrected chi connectivity index (χ1v) is 10.4. The molecule has 1 aliphatic heterocycles. The molecule has 0 radical (unpaired) electrons. The average Bonchev–Trinajstić information content (AvgIpc) is 3.14. The van der Waals surface area contributed by atoms with Gasteiger partial charge in [-0.3, -0.25) is 14.7 Å². The number of nitrogens with zero attached hydrogens (tertiary/aromatic N) is 3. The summed E-state index contributed by atoms with van der Waals surface area (Å²) in [6, 6.07) is 0. The standard InChI is InChI=1S/C20H39N5O2/c1-6-21-18(22-15-19(2,3)25-11-13-27-14-12-25)23-16-20(9-7-8-10-20)17(26)24(4)5/h6-16H2,1-5H3,(H2,21,22,23). The molecule has 0 spiro atoms. The molecule has 27 heavy (non-hydrogen) atoms. The second-order valence-electron chi connectivity index (χ2n) is 8.65. The number of morpholine rings is 1. The molecule has 1 aliphatic carbocycles. The molecule has 0 unspecified atom stereocenters. The van der Waals surface area contributed by atoms with Crippen molar-refractivity contribution in [3.63, 3.8) is 0 Å². The van der Waals surface area contributed by atoms with E-state index < -0.39 is 0 Å². The zero-order valence-corrected chi connectivity index (χ0v) is 17.9. The molecule has 1 amide bonds. The Bertz CT molecular complexity index is 507. The van der Waals surface area contributed by atoms with Crippen molar-refractivity contribution in [2.75, 3.05) is 60.0 Å². The number of guanidine groups is 1. The summed E-state index contributed by atoms with van der Waals surface area (Å²) < 4.78 is 5.47. The van der Waals surface area contributed by atoms with Crippen LogP contribution in [0.3, 0.4) is 0 Å². The van der Waals surface area contributed by atoms with Crippen LogP contribution in [0.25, 0.3) is 0 Å². The van der Waals surface area contributed by atoms with Crippen LogP contribution in [0.1, 0.15) is 46.5 Å². The molecular weight excluding hydrogens is 342 g/mol. The summed E-state index contributed by atoms with van der Waals surface area (Å²) in [5.74, 6) is 1.04. The average molecular weight is 382 g/mol. The van der Waals surface area contributed by atoms with Gasteiger partial charge in [0, 0.05) is 45.8 Å². The fraction of sp³-hybridized carbons (Fsp3) is 0.900. The van der Waals surface area contributed by atoms with Crippen molar-refractivity contribution in [2.45, 2.75) is 52.0 Å². The first-order chi connectivity index (χ1) is 12.8. The molecule has 1 heterocycles. The minimum atomic E-state index is -0.292. The SMILES string of the molecule is CCNC(=NCC(C)(C)N1CCOCC1)NCC1(C(=O)N(C)C)CCCC1. The van der Waals surface area contributed by atoms with Gasteiger partial charge in [0.15, 0.2) is 5.96 Å². The second kappa shape index (κ2) is 9.73. The fourth-order valence-electron chi connectivity index (χ4n) is 4.13. The summed E-state index contributed by atoms with van der Waals surface area (Å²) in [4.78, 5) is 21.8. The van der Waals surface area contributed by atoms with Gasteiger partial charge in [0.25, 0.3) is 0 Å². The van der Waals surface area contributed by atoms with Gasteiger partial charge in [-0.05, 0) is 33.6 Å². The zero-order valence-electron chi connectivity index (χ0n) is 17.9. The van der Waals surface area contributed by atoms with E-state index in [9.17, 15) is 4.79 Å². The van der Waals surface area contributed by atoms with Crippen molar-refractivity contribution in [1.82, 2.24) is 20.4 Å². The summed E-state index contributed by atoms with van der Waals surface area (Å²) in [6.45, 7) is 12.2. The lowest BCUT2D eigenvalue weighted by molar-refractivity contribution is -0.138. The van der Waals surface area contributed by atoms with Gasteiger partial charge in [-0.25, -0.2) is 0 Å². The summed E-state index contributed by atoms with van der Waals surface area (Å²) in [6.07, 6.45) is 4.16. The van der Waals surface area contributed by atoms with Crippen molar-refractivity contribution in [1.29, 1.82) is 0 Å². The molecule has 2 rings (SSSR count). The van der Waals surface area contributed by atoms with E-state index in [2.05, 4.69) is 36.3 Å². The molecule has 7 heteroatoms. The van der Waals surface area contributed by atoms with E-state index in [1.165, 1.54) is 0 Å². The number of nitrogens with one attached hydrogen (secondary N) is 2. The Morgan fingerprint density at radius 3 is 2.37 bits per heavy atom. The van der Waals surface area contributed by atoms with Crippen LogP contribution < -0.4 is 10.6 Å². The predicted octanol–water partition coefficient (Wildman–Crippen LogP) is 1.30. The Morgan fingerprint density at radius 1 is 1.19 bits per heavy atom. The van der Waals surface area contributed by atoms with Crippen molar-refractivity contribution in [2.24, 2.45) is 10.4 Å². The molecule has 0 aromatic carbocycles.